The van der Waals surface area contributed by atoms with E-state index in [2.05, 4.69) is 20.4 Å². The topological polar surface area (TPSA) is 47.6 Å². The second kappa shape index (κ2) is 7.71. The molecule has 0 saturated carbocycles. The summed E-state index contributed by atoms with van der Waals surface area (Å²) < 4.78 is 0. The van der Waals surface area contributed by atoms with Crippen LogP contribution in [0.1, 0.15) is 19.3 Å². The van der Waals surface area contributed by atoms with Gasteiger partial charge >= 0.3 is 0 Å². The molecule has 104 valence electrons. The zero-order chi connectivity index (χ0) is 12.6. The number of likely N-dealkylation sites (tertiary alicyclic amines) is 1. The van der Waals surface area contributed by atoms with Gasteiger partial charge in [0.2, 0.25) is 5.91 Å². The first-order valence-electron chi connectivity index (χ1n) is 7.27. The van der Waals surface area contributed by atoms with Crippen molar-refractivity contribution in [3.63, 3.8) is 0 Å². The molecule has 2 aliphatic heterocycles. The molecule has 2 aliphatic rings. The third kappa shape index (κ3) is 4.92. The van der Waals surface area contributed by atoms with Gasteiger partial charge in [0.15, 0.2) is 0 Å². The lowest BCUT2D eigenvalue weighted by Crippen LogP contribution is -2.48. The van der Waals surface area contributed by atoms with Gasteiger partial charge in [-0.1, -0.05) is 6.42 Å². The monoisotopic (exact) mass is 254 g/mol. The molecule has 2 N–H and O–H groups in total. The Hall–Kier alpha value is -0.650. The molecule has 0 radical (unpaired) electrons. The molecule has 2 fully saturated rings. The van der Waals surface area contributed by atoms with Gasteiger partial charge in [-0.3, -0.25) is 9.69 Å². The van der Waals surface area contributed by atoms with Crippen molar-refractivity contribution in [2.75, 3.05) is 58.9 Å². The number of nitrogens with one attached hydrogen (secondary N) is 2. The Morgan fingerprint density at radius 1 is 1.00 bits per heavy atom. The van der Waals surface area contributed by atoms with Crippen LogP contribution in [0, 0.1) is 0 Å². The van der Waals surface area contributed by atoms with E-state index in [4.69, 9.17) is 0 Å². The van der Waals surface area contributed by atoms with E-state index in [1.54, 1.807) is 0 Å². The SMILES string of the molecule is O=C(CN1CCNCC1)NCCN1CCCCC1. The molecule has 5 nitrogen and oxygen atoms in total. The van der Waals surface area contributed by atoms with Gasteiger partial charge in [0, 0.05) is 39.3 Å². The van der Waals surface area contributed by atoms with Crippen molar-refractivity contribution in [1.29, 1.82) is 0 Å². The highest BCUT2D eigenvalue weighted by atomic mass is 16.2. The number of amides is 1. The van der Waals surface area contributed by atoms with E-state index in [0.29, 0.717) is 6.54 Å². The van der Waals surface area contributed by atoms with Crippen LogP contribution in [0.3, 0.4) is 0 Å². The minimum atomic E-state index is 0.175. The van der Waals surface area contributed by atoms with Gasteiger partial charge in [-0.25, -0.2) is 0 Å². The first-order chi connectivity index (χ1) is 8.84. The Morgan fingerprint density at radius 2 is 1.72 bits per heavy atom. The summed E-state index contributed by atoms with van der Waals surface area (Å²) in [5.74, 6) is 0.175. The lowest BCUT2D eigenvalue weighted by atomic mass is 10.1. The molecule has 0 aromatic heterocycles. The summed E-state index contributed by atoms with van der Waals surface area (Å²) in [5, 5.41) is 6.33. The fourth-order valence-corrected chi connectivity index (χ4v) is 2.66. The van der Waals surface area contributed by atoms with Crippen LogP contribution in [-0.2, 0) is 4.79 Å². The second-order valence-corrected chi connectivity index (χ2v) is 5.28. The van der Waals surface area contributed by atoms with Gasteiger partial charge in [0.05, 0.1) is 6.54 Å². The minimum Gasteiger partial charge on any atom is -0.354 e. The molecule has 5 heteroatoms. The van der Waals surface area contributed by atoms with E-state index in [9.17, 15) is 4.79 Å². The molecule has 0 aliphatic carbocycles. The maximum absolute atomic E-state index is 11.8. The van der Waals surface area contributed by atoms with Gasteiger partial charge in [-0.15, -0.1) is 0 Å². The lowest BCUT2D eigenvalue weighted by molar-refractivity contribution is -0.122. The summed E-state index contributed by atoms with van der Waals surface area (Å²) in [6.45, 7) is 8.74. The van der Waals surface area contributed by atoms with Crippen molar-refractivity contribution in [1.82, 2.24) is 20.4 Å². The standard InChI is InChI=1S/C13H26N4O/c18-13(12-17-9-4-14-5-10-17)15-6-11-16-7-2-1-3-8-16/h14H,1-12H2,(H,15,18). The molecule has 2 saturated heterocycles. The van der Waals surface area contributed by atoms with Crippen molar-refractivity contribution in [2.24, 2.45) is 0 Å². The van der Waals surface area contributed by atoms with Crippen LogP contribution in [0.25, 0.3) is 0 Å². The first-order valence-corrected chi connectivity index (χ1v) is 7.27. The Morgan fingerprint density at radius 3 is 2.44 bits per heavy atom. The number of rotatable bonds is 5. The van der Waals surface area contributed by atoms with E-state index in [0.717, 1.165) is 39.3 Å². The summed E-state index contributed by atoms with van der Waals surface area (Å²) >= 11 is 0. The van der Waals surface area contributed by atoms with Crippen LogP contribution in [0.4, 0.5) is 0 Å². The molecule has 0 unspecified atom stereocenters. The fraction of sp³-hybridized carbons (Fsp3) is 0.923. The Bertz CT molecular complexity index is 247. The van der Waals surface area contributed by atoms with E-state index >= 15 is 0 Å². The Kier molecular flexibility index (Phi) is 5.90. The summed E-state index contributed by atoms with van der Waals surface area (Å²) in [5.41, 5.74) is 0. The molecule has 2 rings (SSSR count). The third-order valence-corrected chi connectivity index (χ3v) is 3.78. The van der Waals surface area contributed by atoms with Crippen LogP contribution in [0.15, 0.2) is 0 Å². The molecule has 1 amide bonds. The van der Waals surface area contributed by atoms with Gasteiger partial charge in [0.25, 0.3) is 0 Å². The molecule has 2 heterocycles. The number of carbonyl (C=O) groups is 1. The summed E-state index contributed by atoms with van der Waals surface area (Å²) in [6.07, 6.45) is 4.00. The quantitative estimate of drug-likeness (QED) is 0.694. The number of hydrogen-bond donors (Lipinski definition) is 2. The van der Waals surface area contributed by atoms with Gasteiger partial charge < -0.3 is 15.5 Å². The highest BCUT2D eigenvalue weighted by Gasteiger charge is 2.14. The van der Waals surface area contributed by atoms with E-state index in [1.807, 2.05) is 0 Å². The summed E-state index contributed by atoms with van der Waals surface area (Å²) in [7, 11) is 0. The molecule has 0 atom stereocenters. The maximum atomic E-state index is 11.8. The van der Waals surface area contributed by atoms with Crippen LogP contribution in [-0.4, -0.2) is 74.6 Å². The van der Waals surface area contributed by atoms with Gasteiger partial charge in [-0.2, -0.15) is 0 Å². The largest absolute Gasteiger partial charge is 0.354 e. The van der Waals surface area contributed by atoms with Crippen molar-refractivity contribution in [2.45, 2.75) is 19.3 Å². The second-order valence-electron chi connectivity index (χ2n) is 5.28. The van der Waals surface area contributed by atoms with E-state index in [1.165, 1.54) is 32.4 Å². The molecule has 18 heavy (non-hydrogen) atoms. The van der Waals surface area contributed by atoms with Crippen molar-refractivity contribution < 1.29 is 4.79 Å². The van der Waals surface area contributed by atoms with Crippen LogP contribution >= 0.6 is 0 Å². The van der Waals surface area contributed by atoms with Crippen molar-refractivity contribution in [3.8, 4) is 0 Å². The minimum absolute atomic E-state index is 0.175. The van der Waals surface area contributed by atoms with Crippen LogP contribution < -0.4 is 10.6 Å². The van der Waals surface area contributed by atoms with Crippen LogP contribution in [0.2, 0.25) is 0 Å². The number of nitrogens with zero attached hydrogens (tertiary/aromatic N) is 2. The fourth-order valence-electron chi connectivity index (χ4n) is 2.66. The molecule has 0 aromatic carbocycles. The molecular weight excluding hydrogens is 228 g/mol. The van der Waals surface area contributed by atoms with E-state index in [-0.39, 0.29) is 5.91 Å². The Balaban J connectivity index is 1.53. The average molecular weight is 254 g/mol. The van der Waals surface area contributed by atoms with Gasteiger partial charge in [0.1, 0.15) is 0 Å². The third-order valence-electron chi connectivity index (χ3n) is 3.78. The zero-order valence-corrected chi connectivity index (χ0v) is 11.3. The molecule has 0 aromatic rings. The normalized spacial score (nSPS) is 22.9. The highest BCUT2D eigenvalue weighted by Crippen LogP contribution is 2.07. The lowest BCUT2D eigenvalue weighted by Gasteiger charge is -2.28. The zero-order valence-electron chi connectivity index (χ0n) is 11.3. The Labute approximate surface area is 110 Å². The van der Waals surface area contributed by atoms with Crippen molar-refractivity contribution >= 4 is 5.91 Å². The summed E-state index contributed by atoms with van der Waals surface area (Å²) in [4.78, 5) is 16.4. The molecular formula is C13H26N4O. The van der Waals surface area contributed by atoms with Crippen molar-refractivity contribution in [3.05, 3.63) is 0 Å². The number of hydrogen-bond acceptors (Lipinski definition) is 4. The smallest absolute Gasteiger partial charge is 0.234 e. The summed E-state index contributed by atoms with van der Waals surface area (Å²) in [6, 6.07) is 0. The molecule has 0 spiro atoms. The average Bonchev–Trinajstić information content (AvgIpc) is 2.41. The van der Waals surface area contributed by atoms with Crippen LogP contribution in [0.5, 0.6) is 0 Å². The number of carbonyl (C=O) groups excluding carboxylic acids is 1. The number of piperidine rings is 1. The molecule has 0 bridgehead atoms. The van der Waals surface area contributed by atoms with E-state index < -0.39 is 0 Å². The predicted molar refractivity (Wildman–Crippen MR) is 72.6 cm³/mol. The first kappa shape index (κ1) is 13.8. The predicted octanol–water partition coefficient (Wildman–Crippen LogP) is -0.506. The van der Waals surface area contributed by atoms with Gasteiger partial charge in [-0.05, 0) is 25.9 Å². The highest BCUT2D eigenvalue weighted by molar-refractivity contribution is 5.78. The maximum Gasteiger partial charge on any atom is 0.234 e. The number of piperazine rings is 1.